The molecule has 31 heavy (non-hydrogen) atoms. The first-order chi connectivity index (χ1) is 15.1. The van der Waals surface area contributed by atoms with E-state index in [-0.39, 0.29) is 36.3 Å². The highest BCUT2D eigenvalue weighted by atomic mass is 19.1. The summed E-state index contributed by atoms with van der Waals surface area (Å²) in [5.41, 5.74) is 4.04. The van der Waals surface area contributed by atoms with Crippen LogP contribution in [0.15, 0.2) is 90.1 Å². The van der Waals surface area contributed by atoms with Crippen molar-refractivity contribution in [3.05, 3.63) is 107 Å². The molecule has 0 bridgehead atoms. The van der Waals surface area contributed by atoms with Crippen LogP contribution in [0, 0.1) is 17.7 Å². The molecule has 1 aliphatic rings. The maximum atomic E-state index is 14.0. The van der Waals surface area contributed by atoms with Gasteiger partial charge in [-0.3, -0.25) is 4.90 Å². The van der Waals surface area contributed by atoms with Gasteiger partial charge in [0, 0.05) is 29.5 Å². The zero-order valence-electron chi connectivity index (χ0n) is 18.3. The van der Waals surface area contributed by atoms with Gasteiger partial charge in [-0.1, -0.05) is 97.9 Å². The van der Waals surface area contributed by atoms with E-state index < -0.39 is 0 Å². The van der Waals surface area contributed by atoms with E-state index in [1.807, 2.05) is 18.2 Å². The summed E-state index contributed by atoms with van der Waals surface area (Å²) in [7, 11) is 2.19. The lowest BCUT2D eigenvalue weighted by Crippen LogP contribution is -2.47. The van der Waals surface area contributed by atoms with Crippen LogP contribution in [0.2, 0.25) is 0 Å². The zero-order valence-corrected chi connectivity index (χ0v) is 18.3. The maximum absolute atomic E-state index is 14.0. The Balaban J connectivity index is 1.68. The molecule has 1 aliphatic heterocycles. The minimum absolute atomic E-state index is 0.122. The molecule has 0 spiro atoms. The summed E-state index contributed by atoms with van der Waals surface area (Å²) < 4.78 is 14.0. The molecule has 0 N–H and O–H groups in total. The fourth-order valence-corrected chi connectivity index (χ4v) is 4.92. The van der Waals surface area contributed by atoms with Crippen LogP contribution in [0.4, 0.5) is 4.39 Å². The summed E-state index contributed by atoms with van der Waals surface area (Å²) in [6, 6.07) is 28.1. The molecule has 3 aromatic carbocycles. The van der Waals surface area contributed by atoms with E-state index in [1.165, 1.54) is 17.2 Å². The molecule has 4 unspecified atom stereocenters. The fraction of sp³-hybridized carbons (Fsp3) is 0.296. The van der Waals surface area contributed by atoms with Crippen LogP contribution in [0.25, 0.3) is 0 Å². The molecule has 0 aliphatic carbocycles. The summed E-state index contributed by atoms with van der Waals surface area (Å²) in [6.45, 7) is 4.53. The third kappa shape index (κ3) is 4.40. The van der Waals surface area contributed by atoms with Crippen LogP contribution in [0.5, 0.6) is 0 Å². The van der Waals surface area contributed by atoms with Gasteiger partial charge in [-0.05, 0) is 24.2 Å². The van der Waals surface area contributed by atoms with Crippen LogP contribution >= 0.6 is 0 Å². The number of benzene rings is 3. The van der Waals surface area contributed by atoms with Gasteiger partial charge in [0.1, 0.15) is 12.4 Å². The molecule has 160 valence electrons. The number of oxime groups is 1. The van der Waals surface area contributed by atoms with Gasteiger partial charge in [0.25, 0.3) is 0 Å². The van der Waals surface area contributed by atoms with Crippen molar-refractivity contribution in [2.45, 2.75) is 32.5 Å². The maximum Gasteiger partial charge on any atom is 0.145 e. The second-order valence-electron chi connectivity index (χ2n) is 8.33. The molecule has 0 radical (unpaired) electrons. The van der Waals surface area contributed by atoms with Gasteiger partial charge in [-0.25, -0.2) is 4.39 Å². The van der Waals surface area contributed by atoms with E-state index in [1.54, 1.807) is 12.1 Å². The van der Waals surface area contributed by atoms with E-state index in [4.69, 9.17) is 4.84 Å². The first-order valence-electron chi connectivity index (χ1n) is 10.8. The van der Waals surface area contributed by atoms with E-state index in [0.29, 0.717) is 5.56 Å². The monoisotopic (exact) mass is 416 g/mol. The third-order valence-electron chi connectivity index (χ3n) is 6.39. The number of rotatable bonds is 5. The molecule has 1 heterocycles. The minimum Gasteiger partial charge on any atom is -0.391 e. The Morgan fingerprint density at radius 3 is 1.77 bits per heavy atom. The lowest BCUT2D eigenvalue weighted by atomic mass is 9.74. The summed E-state index contributed by atoms with van der Waals surface area (Å²) >= 11 is 0. The van der Waals surface area contributed by atoms with Crippen molar-refractivity contribution < 1.29 is 9.23 Å². The van der Waals surface area contributed by atoms with Crippen molar-refractivity contribution in [2.75, 3.05) is 7.05 Å². The van der Waals surface area contributed by atoms with Gasteiger partial charge in [-0.2, -0.15) is 0 Å². The Labute approximate surface area is 184 Å². The lowest BCUT2D eigenvalue weighted by Gasteiger charge is -2.47. The smallest absolute Gasteiger partial charge is 0.145 e. The second-order valence-corrected chi connectivity index (χ2v) is 8.33. The lowest BCUT2D eigenvalue weighted by molar-refractivity contribution is 0.0840. The van der Waals surface area contributed by atoms with Gasteiger partial charge >= 0.3 is 0 Å². The molecule has 1 fully saturated rings. The zero-order chi connectivity index (χ0) is 21.8. The van der Waals surface area contributed by atoms with Crippen LogP contribution in [-0.4, -0.2) is 17.7 Å². The largest absolute Gasteiger partial charge is 0.391 e. The average molecular weight is 417 g/mol. The summed E-state index contributed by atoms with van der Waals surface area (Å²) in [5, 5.41) is 4.59. The molecule has 0 amide bonds. The second kappa shape index (κ2) is 9.44. The van der Waals surface area contributed by atoms with Crippen molar-refractivity contribution in [1.29, 1.82) is 0 Å². The van der Waals surface area contributed by atoms with E-state index >= 15 is 0 Å². The molecule has 0 saturated carbocycles. The summed E-state index contributed by atoms with van der Waals surface area (Å²) in [4.78, 5) is 8.17. The van der Waals surface area contributed by atoms with Crippen molar-refractivity contribution in [3.63, 3.8) is 0 Å². The highest BCUT2D eigenvalue weighted by Crippen LogP contribution is 2.45. The summed E-state index contributed by atoms with van der Waals surface area (Å²) in [6.07, 6.45) is 0. The Kier molecular flexibility index (Phi) is 6.47. The van der Waals surface area contributed by atoms with E-state index in [2.05, 4.69) is 79.5 Å². The topological polar surface area (TPSA) is 24.8 Å². The molecule has 3 nitrogen and oxygen atoms in total. The van der Waals surface area contributed by atoms with Gasteiger partial charge in [0.2, 0.25) is 0 Å². The number of hydrogen-bond acceptors (Lipinski definition) is 3. The normalized spacial score (nSPS) is 24.1. The number of likely N-dealkylation sites (tertiary alicyclic amines) is 1. The molecule has 0 aromatic heterocycles. The number of halogens is 1. The van der Waals surface area contributed by atoms with Crippen LogP contribution in [-0.2, 0) is 11.4 Å². The van der Waals surface area contributed by atoms with E-state index in [9.17, 15) is 4.39 Å². The molecular weight excluding hydrogens is 387 g/mol. The number of piperidine rings is 1. The van der Waals surface area contributed by atoms with Crippen LogP contribution < -0.4 is 0 Å². The fourth-order valence-electron chi connectivity index (χ4n) is 4.92. The van der Waals surface area contributed by atoms with Crippen molar-refractivity contribution in [3.8, 4) is 0 Å². The van der Waals surface area contributed by atoms with Crippen LogP contribution in [0.3, 0.4) is 0 Å². The van der Waals surface area contributed by atoms with Gasteiger partial charge < -0.3 is 4.84 Å². The van der Waals surface area contributed by atoms with Crippen molar-refractivity contribution >= 4 is 5.71 Å². The molecule has 4 atom stereocenters. The van der Waals surface area contributed by atoms with Crippen molar-refractivity contribution in [2.24, 2.45) is 17.0 Å². The molecule has 1 saturated heterocycles. The Hall–Kier alpha value is -2.98. The standard InChI is InChI=1S/C27H29FN2O/c1-19-25(29-31-18-23-16-10-11-17-24(23)28)20(2)27(22-14-8-5-9-15-22)30(3)26(19)21-12-6-4-7-13-21/h4-17,19-20,26-27H,18H2,1-3H3. The molecule has 4 heteroatoms. The number of nitrogens with zero attached hydrogens (tertiary/aromatic N) is 2. The highest BCUT2D eigenvalue weighted by Gasteiger charge is 2.43. The van der Waals surface area contributed by atoms with Gasteiger partial charge in [0.05, 0.1) is 5.71 Å². The quantitative estimate of drug-likeness (QED) is 0.450. The van der Waals surface area contributed by atoms with Gasteiger partial charge in [-0.15, -0.1) is 0 Å². The Morgan fingerprint density at radius 2 is 1.26 bits per heavy atom. The van der Waals surface area contributed by atoms with E-state index in [0.717, 1.165) is 5.71 Å². The SMILES string of the molecule is CC1C(=NOCc2ccccc2F)C(C)C(c2ccccc2)N(C)C1c1ccccc1. The minimum atomic E-state index is -0.267. The summed E-state index contributed by atoms with van der Waals surface area (Å²) in [5.74, 6) is 0.0439. The predicted molar refractivity (Wildman–Crippen MR) is 123 cm³/mol. The highest BCUT2D eigenvalue weighted by molar-refractivity contribution is 5.90. The number of hydrogen-bond donors (Lipinski definition) is 0. The first kappa shape index (κ1) is 21.3. The Morgan fingerprint density at radius 1 is 0.774 bits per heavy atom. The van der Waals surface area contributed by atoms with Crippen molar-refractivity contribution in [1.82, 2.24) is 4.90 Å². The Bertz CT molecular complexity index is 966. The first-order valence-corrected chi connectivity index (χ1v) is 10.8. The molecule has 3 aromatic rings. The average Bonchev–Trinajstić information content (AvgIpc) is 2.79. The van der Waals surface area contributed by atoms with Crippen LogP contribution in [0.1, 0.15) is 42.6 Å². The predicted octanol–water partition coefficient (Wildman–Crippen LogP) is 6.40. The van der Waals surface area contributed by atoms with Gasteiger partial charge in [0.15, 0.2) is 0 Å². The molecular formula is C27H29FN2O. The molecule has 4 rings (SSSR count). The third-order valence-corrected chi connectivity index (χ3v) is 6.39.